The fraction of sp³-hybridized carbons (Fsp3) is 0.615. The molecule has 0 aliphatic heterocycles. The molecule has 1 aliphatic carbocycles. The molecule has 0 spiro atoms. The zero-order chi connectivity index (χ0) is 11.4. The second-order valence-electron chi connectivity index (χ2n) is 4.66. The molecule has 1 saturated carbocycles. The van der Waals surface area contributed by atoms with Gasteiger partial charge in [0.25, 0.3) is 0 Å². The Kier molecular flexibility index (Phi) is 3.88. The van der Waals surface area contributed by atoms with Crippen LogP contribution in [0.25, 0.3) is 0 Å². The van der Waals surface area contributed by atoms with Crippen molar-refractivity contribution in [3.8, 4) is 0 Å². The van der Waals surface area contributed by atoms with Gasteiger partial charge >= 0.3 is 0 Å². The molecule has 1 fully saturated rings. The Hall–Kier alpha value is -0.960. The van der Waals surface area contributed by atoms with Crippen molar-refractivity contribution in [3.05, 3.63) is 29.8 Å². The normalized spacial score (nSPS) is 17.4. The van der Waals surface area contributed by atoms with Gasteiger partial charge in [0.2, 0.25) is 0 Å². The Labute approximate surface area is 96.3 Å². The molecule has 1 aliphatic rings. The molecular weight excluding hydrogens is 203 g/mol. The number of rotatable bonds is 6. The summed E-state index contributed by atoms with van der Waals surface area (Å²) in [5.74, 6) is 0.728. The summed E-state index contributed by atoms with van der Waals surface area (Å²) >= 11 is 0. The van der Waals surface area contributed by atoms with Gasteiger partial charge in [0.05, 0.1) is 11.9 Å². The van der Waals surface area contributed by atoms with Gasteiger partial charge in [-0.15, -0.1) is 0 Å². The van der Waals surface area contributed by atoms with Crippen molar-refractivity contribution in [1.29, 1.82) is 0 Å². The highest BCUT2D eigenvalue weighted by Crippen LogP contribution is 2.33. The van der Waals surface area contributed by atoms with E-state index in [9.17, 15) is 4.39 Å². The third-order valence-corrected chi connectivity index (χ3v) is 3.13. The summed E-state index contributed by atoms with van der Waals surface area (Å²) in [7, 11) is 0. The van der Waals surface area contributed by atoms with Gasteiger partial charge in [0.15, 0.2) is 0 Å². The maximum absolute atomic E-state index is 12.7. The second kappa shape index (κ2) is 5.39. The molecule has 2 nitrogen and oxygen atoms in total. The van der Waals surface area contributed by atoms with Crippen LogP contribution < -0.4 is 5.32 Å². The van der Waals surface area contributed by atoms with E-state index in [1.165, 1.54) is 37.9 Å². The van der Waals surface area contributed by atoms with Gasteiger partial charge in [-0.05, 0) is 44.4 Å². The predicted molar refractivity (Wildman–Crippen MR) is 62.6 cm³/mol. The first-order valence-corrected chi connectivity index (χ1v) is 6.10. The molecule has 3 heteroatoms. The highest BCUT2D eigenvalue weighted by molar-refractivity contribution is 5.08. The number of hydrogen-bond donors (Lipinski definition) is 1. The lowest BCUT2D eigenvalue weighted by molar-refractivity contribution is 0.522. The van der Waals surface area contributed by atoms with Crippen molar-refractivity contribution >= 4 is 0 Å². The standard InChI is InChI=1S/C13H19FN2/c1-10(13-7-6-12(14)9-16-13)15-8-2-3-11-4-5-11/h6-7,9-11,15H,2-5,8H2,1H3. The average Bonchev–Trinajstić information content (AvgIpc) is 3.09. The van der Waals surface area contributed by atoms with Crippen molar-refractivity contribution in [2.45, 2.75) is 38.6 Å². The number of hydrogen-bond acceptors (Lipinski definition) is 2. The third kappa shape index (κ3) is 3.56. The first-order chi connectivity index (χ1) is 7.75. The Balaban J connectivity index is 1.69. The lowest BCUT2D eigenvalue weighted by Gasteiger charge is -2.12. The molecule has 0 bridgehead atoms. The number of nitrogens with one attached hydrogen (secondary N) is 1. The summed E-state index contributed by atoms with van der Waals surface area (Å²) in [4.78, 5) is 4.07. The van der Waals surface area contributed by atoms with Crippen LogP contribution in [0.2, 0.25) is 0 Å². The number of aromatic nitrogens is 1. The smallest absolute Gasteiger partial charge is 0.141 e. The molecule has 0 aromatic carbocycles. The van der Waals surface area contributed by atoms with Crippen LogP contribution in [0.15, 0.2) is 18.3 Å². The van der Waals surface area contributed by atoms with Crippen LogP contribution in [0.1, 0.15) is 44.3 Å². The van der Waals surface area contributed by atoms with Gasteiger partial charge in [-0.1, -0.05) is 12.8 Å². The first kappa shape index (κ1) is 11.5. The zero-order valence-corrected chi connectivity index (χ0v) is 9.75. The fourth-order valence-electron chi connectivity index (χ4n) is 1.86. The van der Waals surface area contributed by atoms with Gasteiger partial charge in [0, 0.05) is 6.04 Å². The van der Waals surface area contributed by atoms with E-state index < -0.39 is 0 Å². The van der Waals surface area contributed by atoms with E-state index in [4.69, 9.17) is 0 Å². The van der Waals surface area contributed by atoms with Crippen molar-refractivity contribution in [2.24, 2.45) is 5.92 Å². The van der Waals surface area contributed by atoms with Crippen LogP contribution >= 0.6 is 0 Å². The van der Waals surface area contributed by atoms with Crippen LogP contribution in [0.4, 0.5) is 4.39 Å². The summed E-state index contributed by atoms with van der Waals surface area (Å²) in [6, 6.07) is 3.42. The van der Waals surface area contributed by atoms with Crippen molar-refractivity contribution in [2.75, 3.05) is 6.54 Å². The fourth-order valence-corrected chi connectivity index (χ4v) is 1.86. The zero-order valence-electron chi connectivity index (χ0n) is 9.75. The molecule has 1 N–H and O–H groups in total. The van der Waals surface area contributed by atoms with E-state index >= 15 is 0 Å². The molecule has 1 heterocycles. The average molecular weight is 222 g/mol. The van der Waals surface area contributed by atoms with E-state index in [0.29, 0.717) is 0 Å². The molecule has 16 heavy (non-hydrogen) atoms. The summed E-state index contributed by atoms with van der Waals surface area (Å²) in [5, 5.41) is 3.42. The van der Waals surface area contributed by atoms with Gasteiger partial charge in [-0.25, -0.2) is 4.39 Å². The minimum atomic E-state index is -0.273. The molecule has 88 valence electrons. The topological polar surface area (TPSA) is 24.9 Å². The molecule has 0 saturated heterocycles. The molecule has 2 rings (SSSR count). The van der Waals surface area contributed by atoms with Crippen LogP contribution in [0.3, 0.4) is 0 Å². The van der Waals surface area contributed by atoms with Crippen molar-refractivity contribution < 1.29 is 4.39 Å². The number of halogens is 1. The first-order valence-electron chi connectivity index (χ1n) is 6.10. The number of pyridine rings is 1. The minimum Gasteiger partial charge on any atom is -0.309 e. The lowest BCUT2D eigenvalue weighted by atomic mass is 10.2. The van der Waals surface area contributed by atoms with Gasteiger partial charge in [0.1, 0.15) is 5.82 Å². The van der Waals surface area contributed by atoms with Gasteiger partial charge < -0.3 is 5.32 Å². The van der Waals surface area contributed by atoms with E-state index in [2.05, 4.69) is 17.2 Å². The largest absolute Gasteiger partial charge is 0.309 e. The van der Waals surface area contributed by atoms with Crippen LogP contribution in [0.5, 0.6) is 0 Å². The monoisotopic (exact) mass is 222 g/mol. The van der Waals surface area contributed by atoms with Crippen LogP contribution in [-0.4, -0.2) is 11.5 Å². The minimum absolute atomic E-state index is 0.208. The Morgan fingerprint density at radius 3 is 2.94 bits per heavy atom. The summed E-state index contributed by atoms with van der Waals surface area (Å²) in [6.07, 6.45) is 6.70. The third-order valence-electron chi connectivity index (χ3n) is 3.13. The summed E-state index contributed by atoms with van der Waals surface area (Å²) in [6.45, 7) is 3.09. The van der Waals surface area contributed by atoms with Crippen LogP contribution in [0, 0.1) is 11.7 Å². The molecule has 1 aromatic heterocycles. The molecule has 1 unspecified atom stereocenters. The quantitative estimate of drug-likeness (QED) is 0.748. The Bertz CT molecular complexity index is 319. The number of nitrogens with zero attached hydrogens (tertiary/aromatic N) is 1. The van der Waals surface area contributed by atoms with Gasteiger partial charge in [-0.3, -0.25) is 4.98 Å². The molecule has 0 radical (unpaired) electrons. The van der Waals surface area contributed by atoms with Crippen molar-refractivity contribution in [3.63, 3.8) is 0 Å². The van der Waals surface area contributed by atoms with E-state index in [-0.39, 0.29) is 11.9 Å². The SMILES string of the molecule is CC(NCCCC1CC1)c1ccc(F)cn1. The summed E-state index contributed by atoms with van der Waals surface area (Å²) < 4.78 is 12.7. The maximum atomic E-state index is 12.7. The second-order valence-corrected chi connectivity index (χ2v) is 4.66. The highest BCUT2D eigenvalue weighted by Gasteiger charge is 2.20. The van der Waals surface area contributed by atoms with E-state index in [1.54, 1.807) is 6.07 Å². The Morgan fingerprint density at radius 2 is 2.31 bits per heavy atom. The highest BCUT2D eigenvalue weighted by atomic mass is 19.1. The maximum Gasteiger partial charge on any atom is 0.141 e. The lowest BCUT2D eigenvalue weighted by Crippen LogP contribution is -2.20. The van der Waals surface area contributed by atoms with Crippen molar-refractivity contribution in [1.82, 2.24) is 10.3 Å². The van der Waals surface area contributed by atoms with Gasteiger partial charge in [-0.2, -0.15) is 0 Å². The van der Waals surface area contributed by atoms with E-state index in [0.717, 1.165) is 18.2 Å². The molecular formula is C13H19FN2. The van der Waals surface area contributed by atoms with E-state index in [1.807, 2.05) is 0 Å². The molecule has 1 atom stereocenters. The predicted octanol–water partition coefficient (Wildman–Crippen LogP) is 3.06. The molecule has 1 aromatic rings. The van der Waals surface area contributed by atoms with Crippen LogP contribution in [-0.2, 0) is 0 Å². The summed E-state index contributed by atoms with van der Waals surface area (Å²) in [5.41, 5.74) is 0.910. The molecule has 0 amide bonds. The Morgan fingerprint density at radius 1 is 1.50 bits per heavy atom.